The van der Waals surface area contributed by atoms with Crippen LogP contribution in [0.15, 0.2) is 24.3 Å². The van der Waals surface area contributed by atoms with Crippen molar-refractivity contribution < 1.29 is 42.7 Å². The van der Waals surface area contributed by atoms with Crippen LogP contribution in [-0.4, -0.2) is 60.5 Å². The number of esters is 1. The van der Waals surface area contributed by atoms with E-state index in [-0.39, 0.29) is 13.0 Å². The minimum atomic E-state index is -4.61. The molecule has 0 saturated carbocycles. The molecular formula is C42H80NO9P. The third-order valence-corrected chi connectivity index (χ3v) is 10.2. The quantitative estimate of drug-likeness (QED) is 0.0237. The number of nitrogens with two attached hydrogens (primary N) is 1. The smallest absolute Gasteiger partial charge is 0.472 e. The first-order chi connectivity index (χ1) is 25.7. The highest BCUT2D eigenvalue weighted by Crippen LogP contribution is 2.43. The van der Waals surface area contributed by atoms with Crippen LogP contribution in [0.5, 0.6) is 0 Å². The Bertz CT molecular complexity index is 946. The Labute approximate surface area is 324 Å². The van der Waals surface area contributed by atoms with E-state index in [4.69, 9.17) is 29.4 Å². The van der Waals surface area contributed by atoms with Gasteiger partial charge in [0.1, 0.15) is 12.1 Å². The lowest BCUT2D eigenvalue weighted by atomic mass is 10.1. The fourth-order valence-electron chi connectivity index (χ4n) is 5.87. The molecule has 0 bridgehead atoms. The second-order valence-corrected chi connectivity index (χ2v) is 15.9. The fourth-order valence-corrected chi connectivity index (χ4v) is 6.65. The number of carboxylic acids is 1. The maximum Gasteiger partial charge on any atom is 0.472 e. The number of phosphoric acid groups is 1. The highest BCUT2D eigenvalue weighted by molar-refractivity contribution is 7.47. The molecule has 312 valence electrons. The number of ether oxygens (including phenoxy) is 2. The van der Waals surface area contributed by atoms with Gasteiger partial charge in [-0.2, -0.15) is 0 Å². The monoisotopic (exact) mass is 774 g/mol. The molecule has 3 atom stereocenters. The molecule has 0 radical (unpaired) electrons. The normalized spacial score (nSPS) is 14.2. The van der Waals surface area contributed by atoms with E-state index in [1.54, 1.807) is 0 Å². The Morgan fingerprint density at radius 2 is 1.04 bits per heavy atom. The second kappa shape index (κ2) is 38.7. The summed E-state index contributed by atoms with van der Waals surface area (Å²) in [5.41, 5.74) is 5.34. The Morgan fingerprint density at radius 3 is 1.53 bits per heavy atom. The van der Waals surface area contributed by atoms with Crippen molar-refractivity contribution in [2.45, 2.75) is 206 Å². The summed E-state index contributed by atoms with van der Waals surface area (Å²) in [6, 6.07) is -1.47. The molecule has 0 rings (SSSR count). The molecule has 0 aliphatic carbocycles. The molecule has 0 spiro atoms. The Balaban J connectivity index is 4.10. The molecule has 0 saturated heterocycles. The Kier molecular flexibility index (Phi) is 37.6. The molecule has 53 heavy (non-hydrogen) atoms. The standard InChI is InChI=1S/C42H80NO9P/c1-3-5-7-9-11-13-14-15-16-17-18-19-20-21-22-23-24-25-27-29-31-33-35-49-36-39(37-50-53(47,48)51-38-40(43)42(45)46)52-41(44)34-32-30-28-26-12-10-8-6-4-2/h14-15,17-18,39-40H,3-13,16,19-38,43H2,1-2H3,(H,45,46)(H,47,48)/b15-14-,18-17-. The van der Waals surface area contributed by atoms with Crippen LogP contribution >= 0.6 is 7.82 Å². The number of rotatable bonds is 41. The minimum absolute atomic E-state index is 0.0181. The number of hydrogen-bond donors (Lipinski definition) is 3. The van der Waals surface area contributed by atoms with E-state index in [0.29, 0.717) is 13.0 Å². The van der Waals surface area contributed by atoms with Crippen LogP contribution in [0.4, 0.5) is 0 Å². The first-order valence-electron chi connectivity index (χ1n) is 21.4. The van der Waals surface area contributed by atoms with E-state index < -0.39 is 45.1 Å². The van der Waals surface area contributed by atoms with Gasteiger partial charge in [-0.1, -0.05) is 167 Å². The van der Waals surface area contributed by atoms with Gasteiger partial charge in [0.25, 0.3) is 0 Å². The average Bonchev–Trinajstić information content (AvgIpc) is 3.13. The summed E-state index contributed by atoms with van der Waals surface area (Å²) in [7, 11) is -4.61. The minimum Gasteiger partial charge on any atom is -0.480 e. The number of carbonyl (C=O) groups is 2. The zero-order valence-corrected chi connectivity index (χ0v) is 34.8. The summed E-state index contributed by atoms with van der Waals surface area (Å²) in [6.45, 7) is 3.85. The van der Waals surface area contributed by atoms with Gasteiger partial charge in [-0.05, 0) is 44.9 Å². The van der Waals surface area contributed by atoms with E-state index in [2.05, 4.69) is 38.2 Å². The predicted octanol–water partition coefficient (Wildman–Crippen LogP) is 11.5. The van der Waals surface area contributed by atoms with Gasteiger partial charge >= 0.3 is 19.8 Å². The average molecular weight is 774 g/mol. The molecule has 0 aromatic rings. The highest BCUT2D eigenvalue weighted by Gasteiger charge is 2.27. The summed E-state index contributed by atoms with van der Waals surface area (Å²) < 4.78 is 33.2. The number of carbonyl (C=O) groups excluding carboxylic acids is 1. The molecule has 0 amide bonds. The van der Waals surface area contributed by atoms with Crippen molar-refractivity contribution in [2.24, 2.45) is 5.73 Å². The van der Waals surface area contributed by atoms with Crippen molar-refractivity contribution in [3.8, 4) is 0 Å². The molecule has 11 heteroatoms. The molecule has 0 aromatic carbocycles. The molecule has 3 unspecified atom stereocenters. The van der Waals surface area contributed by atoms with Crippen LogP contribution in [0.25, 0.3) is 0 Å². The number of phosphoric ester groups is 1. The van der Waals surface area contributed by atoms with Gasteiger partial charge < -0.3 is 25.2 Å². The third kappa shape index (κ3) is 38.5. The molecular weight excluding hydrogens is 693 g/mol. The number of carboxylic acid groups (broad SMARTS) is 1. The predicted molar refractivity (Wildman–Crippen MR) is 217 cm³/mol. The van der Waals surface area contributed by atoms with Gasteiger partial charge in [0.15, 0.2) is 0 Å². The Morgan fingerprint density at radius 1 is 0.604 bits per heavy atom. The zero-order chi connectivity index (χ0) is 39.1. The maximum atomic E-state index is 12.5. The lowest BCUT2D eigenvalue weighted by Gasteiger charge is -2.20. The van der Waals surface area contributed by atoms with E-state index in [0.717, 1.165) is 44.9 Å². The van der Waals surface area contributed by atoms with E-state index >= 15 is 0 Å². The molecule has 0 heterocycles. The number of unbranched alkanes of at least 4 members (excludes halogenated alkanes) is 23. The molecule has 0 aromatic heterocycles. The van der Waals surface area contributed by atoms with E-state index in [9.17, 15) is 19.0 Å². The van der Waals surface area contributed by atoms with E-state index in [1.165, 1.54) is 122 Å². The summed E-state index contributed by atoms with van der Waals surface area (Å²) in [5.74, 6) is -1.78. The van der Waals surface area contributed by atoms with Gasteiger partial charge in [0.05, 0.1) is 19.8 Å². The maximum absolute atomic E-state index is 12.5. The van der Waals surface area contributed by atoms with Crippen LogP contribution in [0, 0.1) is 0 Å². The fraction of sp³-hybridized carbons (Fsp3) is 0.857. The van der Waals surface area contributed by atoms with Crippen molar-refractivity contribution >= 4 is 19.8 Å². The van der Waals surface area contributed by atoms with E-state index in [1.807, 2.05) is 0 Å². The first kappa shape index (κ1) is 51.5. The number of allylic oxidation sites excluding steroid dienone is 4. The highest BCUT2D eigenvalue weighted by atomic mass is 31.2. The summed E-state index contributed by atoms with van der Waals surface area (Å²) in [5, 5.41) is 8.87. The molecule has 10 nitrogen and oxygen atoms in total. The van der Waals surface area contributed by atoms with Crippen molar-refractivity contribution in [2.75, 3.05) is 26.4 Å². The van der Waals surface area contributed by atoms with Crippen LogP contribution in [-0.2, 0) is 32.7 Å². The van der Waals surface area contributed by atoms with Crippen LogP contribution in [0.3, 0.4) is 0 Å². The largest absolute Gasteiger partial charge is 0.480 e. The van der Waals surface area contributed by atoms with Crippen LogP contribution in [0.1, 0.15) is 194 Å². The van der Waals surface area contributed by atoms with Crippen LogP contribution in [0.2, 0.25) is 0 Å². The van der Waals surface area contributed by atoms with Crippen molar-refractivity contribution in [1.29, 1.82) is 0 Å². The van der Waals surface area contributed by atoms with Gasteiger partial charge in [-0.3, -0.25) is 18.6 Å². The number of aliphatic carboxylic acids is 1. The summed E-state index contributed by atoms with van der Waals surface area (Å²) in [4.78, 5) is 33.4. The number of hydrogen-bond acceptors (Lipinski definition) is 8. The van der Waals surface area contributed by atoms with Crippen LogP contribution < -0.4 is 5.73 Å². The van der Waals surface area contributed by atoms with Gasteiger partial charge in [-0.15, -0.1) is 0 Å². The molecule has 0 fully saturated rings. The first-order valence-corrected chi connectivity index (χ1v) is 22.9. The zero-order valence-electron chi connectivity index (χ0n) is 33.9. The summed E-state index contributed by atoms with van der Waals surface area (Å²) in [6.07, 6.45) is 41.0. The third-order valence-electron chi connectivity index (χ3n) is 9.23. The van der Waals surface area contributed by atoms with Crippen molar-refractivity contribution in [3.63, 3.8) is 0 Å². The topological polar surface area (TPSA) is 155 Å². The molecule has 0 aliphatic heterocycles. The molecule has 0 aliphatic rings. The van der Waals surface area contributed by atoms with Crippen molar-refractivity contribution in [3.05, 3.63) is 24.3 Å². The lowest BCUT2D eigenvalue weighted by Crippen LogP contribution is -2.34. The second-order valence-electron chi connectivity index (χ2n) is 14.5. The van der Waals surface area contributed by atoms with Gasteiger partial charge in [-0.25, -0.2) is 4.57 Å². The molecule has 4 N–H and O–H groups in total. The lowest BCUT2D eigenvalue weighted by molar-refractivity contribution is -0.154. The van der Waals surface area contributed by atoms with Gasteiger partial charge in [0, 0.05) is 13.0 Å². The Hall–Kier alpha value is -1.55. The van der Waals surface area contributed by atoms with Crippen molar-refractivity contribution in [1.82, 2.24) is 0 Å². The SMILES string of the molecule is CCCCCCC/C=C\C/C=C\CCCCCCCCCCCCOCC(COP(=O)(O)OCC(N)C(=O)O)OC(=O)CCCCCCCCCCC. The summed E-state index contributed by atoms with van der Waals surface area (Å²) >= 11 is 0. The van der Waals surface area contributed by atoms with Gasteiger partial charge in [0.2, 0.25) is 0 Å².